The fourth-order valence-electron chi connectivity index (χ4n) is 2.21. The Kier molecular flexibility index (Phi) is 5.80. The van der Waals surface area contributed by atoms with Crippen LogP contribution >= 0.6 is 39.1 Å². The second kappa shape index (κ2) is 7.39. The molecule has 0 saturated carbocycles. The van der Waals surface area contributed by atoms with Crippen LogP contribution in [-0.2, 0) is 0 Å². The Morgan fingerprint density at radius 2 is 1.95 bits per heavy atom. The Labute approximate surface area is 143 Å². The molecule has 0 spiro atoms. The largest absolute Gasteiger partial charge is 0.493 e. The predicted octanol–water partition coefficient (Wildman–Crippen LogP) is 6.33. The number of methoxy groups -OCH3 is 1. The van der Waals surface area contributed by atoms with Crippen LogP contribution in [0.5, 0.6) is 5.75 Å². The zero-order valence-corrected chi connectivity index (χ0v) is 14.9. The second-order valence-corrected chi connectivity index (χ2v) is 6.36. The number of rotatable bonds is 5. The highest BCUT2D eigenvalue weighted by molar-refractivity contribution is 9.10. The summed E-state index contributed by atoms with van der Waals surface area (Å²) in [5, 5.41) is 4.85. The molecule has 0 aliphatic heterocycles. The summed E-state index contributed by atoms with van der Waals surface area (Å²) in [5.74, 6) is 0.736. The second-order valence-electron chi connectivity index (χ2n) is 4.63. The van der Waals surface area contributed by atoms with Crippen molar-refractivity contribution in [2.45, 2.75) is 19.4 Å². The van der Waals surface area contributed by atoms with Gasteiger partial charge in [-0.3, -0.25) is 0 Å². The first-order chi connectivity index (χ1) is 10.0. The minimum Gasteiger partial charge on any atom is -0.493 e. The summed E-state index contributed by atoms with van der Waals surface area (Å²) in [6, 6.07) is 11.6. The smallest absolute Gasteiger partial charge is 0.156 e. The Balaban J connectivity index is 2.35. The lowest BCUT2D eigenvalue weighted by Gasteiger charge is -2.21. The number of anilines is 1. The van der Waals surface area contributed by atoms with Gasteiger partial charge in [-0.1, -0.05) is 42.3 Å². The highest BCUT2D eigenvalue weighted by atomic mass is 79.9. The van der Waals surface area contributed by atoms with Crippen molar-refractivity contribution < 1.29 is 4.74 Å². The van der Waals surface area contributed by atoms with Crippen LogP contribution in [0.25, 0.3) is 0 Å². The first-order valence-corrected chi connectivity index (χ1v) is 8.15. The predicted molar refractivity (Wildman–Crippen MR) is 93.8 cm³/mol. The van der Waals surface area contributed by atoms with Gasteiger partial charge in [-0.05, 0) is 52.2 Å². The van der Waals surface area contributed by atoms with E-state index in [1.807, 2.05) is 30.3 Å². The topological polar surface area (TPSA) is 21.3 Å². The van der Waals surface area contributed by atoms with Gasteiger partial charge in [-0.25, -0.2) is 0 Å². The number of nitrogens with one attached hydrogen (secondary N) is 1. The monoisotopic (exact) mass is 387 g/mol. The van der Waals surface area contributed by atoms with Crippen LogP contribution in [0, 0.1) is 0 Å². The average molecular weight is 389 g/mol. The van der Waals surface area contributed by atoms with E-state index in [1.165, 1.54) is 0 Å². The Bertz CT molecular complexity index is 634. The summed E-state index contributed by atoms with van der Waals surface area (Å²) in [4.78, 5) is 0. The van der Waals surface area contributed by atoms with Crippen LogP contribution in [0.15, 0.2) is 40.9 Å². The number of halogens is 3. The molecule has 2 rings (SSSR count). The number of benzene rings is 2. The molecule has 0 heterocycles. The van der Waals surface area contributed by atoms with E-state index >= 15 is 0 Å². The summed E-state index contributed by atoms with van der Waals surface area (Å²) >= 11 is 15.7. The van der Waals surface area contributed by atoms with E-state index in [4.69, 9.17) is 27.9 Å². The van der Waals surface area contributed by atoms with E-state index in [0.29, 0.717) is 5.02 Å². The normalized spacial score (nSPS) is 12.0. The molecule has 2 aromatic carbocycles. The maximum absolute atomic E-state index is 6.13. The summed E-state index contributed by atoms with van der Waals surface area (Å²) < 4.78 is 6.26. The van der Waals surface area contributed by atoms with Crippen molar-refractivity contribution in [2.24, 2.45) is 0 Å². The van der Waals surface area contributed by atoms with Gasteiger partial charge in [0, 0.05) is 10.0 Å². The summed E-state index contributed by atoms with van der Waals surface area (Å²) in [6.45, 7) is 2.12. The Hall–Kier alpha value is -0.900. The van der Waals surface area contributed by atoms with E-state index in [2.05, 4.69) is 34.2 Å². The molecule has 2 aromatic rings. The van der Waals surface area contributed by atoms with Gasteiger partial charge in [0.05, 0.1) is 23.3 Å². The van der Waals surface area contributed by atoms with Crippen LogP contribution in [0.3, 0.4) is 0 Å². The SMILES string of the molecule is CCC(Nc1cc(Cl)cc(Br)c1OC)c1cccc(Cl)c1. The quantitative estimate of drug-likeness (QED) is 0.646. The summed E-state index contributed by atoms with van der Waals surface area (Å²) in [6.07, 6.45) is 0.910. The van der Waals surface area contributed by atoms with E-state index < -0.39 is 0 Å². The van der Waals surface area contributed by atoms with Gasteiger partial charge in [0.1, 0.15) is 0 Å². The summed E-state index contributed by atoms with van der Waals surface area (Å²) in [7, 11) is 1.64. The number of hydrogen-bond acceptors (Lipinski definition) is 2. The summed E-state index contributed by atoms with van der Waals surface area (Å²) in [5.41, 5.74) is 1.98. The molecule has 5 heteroatoms. The van der Waals surface area contributed by atoms with Crippen LogP contribution in [0.1, 0.15) is 24.9 Å². The molecular formula is C16H16BrCl2NO. The van der Waals surface area contributed by atoms with Crippen LogP contribution in [-0.4, -0.2) is 7.11 Å². The molecule has 21 heavy (non-hydrogen) atoms. The minimum atomic E-state index is 0.128. The maximum Gasteiger partial charge on any atom is 0.156 e. The third kappa shape index (κ3) is 4.06. The molecule has 0 amide bonds. The van der Waals surface area contributed by atoms with Gasteiger partial charge in [0.15, 0.2) is 5.75 Å². The van der Waals surface area contributed by atoms with Crippen LogP contribution < -0.4 is 10.1 Å². The van der Waals surface area contributed by atoms with Crippen molar-refractivity contribution in [3.63, 3.8) is 0 Å². The highest BCUT2D eigenvalue weighted by Crippen LogP contribution is 2.38. The number of ether oxygens (including phenoxy) is 1. The minimum absolute atomic E-state index is 0.128. The van der Waals surface area contributed by atoms with Crippen LogP contribution in [0.2, 0.25) is 10.0 Å². The van der Waals surface area contributed by atoms with Crippen molar-refractivity contribution >= 4 is 44.8 Å². The lowest BCUT2D eigenvalue weighted by atomic mass is 10.0. The van der Waals surface area contributed by atoms with Gasteiger partial charge < -0.3 is 10.1 Å². The molecule has 2 nitrogen and oxygen atoms in total. The van der Waals surface area contributed by atoms with Crippen molar-refractivity contribution in [1.82, 2.24) is 0 Å². The fourth-order valence-corrected chi connectivity index (χ4v) is 3.38. The lowest BCUT2D eigenvalue weighted by Crippen LogP contribution is -2.10. The molecule has 0 bridgehead atoms. The third-order valence-corrected chi connectivity index (χ3v) is 4.24. The molecule has 0 aromatic heterocycles. The van der Waals surface area contributed by atoms with Crippen molar-refractivity contribution in [3.8, 4) is 5.75 Å². The molecule has 1 unspecified atom stereocenters. The van der Waals surface area contributed by atoms with Gasteiger partial charge in [0.25, 0.3) is 0 Å². The lowest BCUT2D eigenvalue weighted by molar-refractivity contribution is 0.413. The average Bonchev–Trinajstić information content (AvgIpc) is 2.44. The molecule has 1 N–H and O–H groups in total. The third-order valence-electron chi connectivity index (χ3n) is 3.20. The van der Waals surface area contributed by atoms with Gasteiger partial charge in [-0.2, -0.15) is 0 Å². The van der Waals surface area contributed by atoms with E-state index in [9.17, 15) is 0 Å². The standard InChI is InChI=1S/C16H16BrCl2NO/c1-3-14(10-5-4-6-11(18)7-10)20-15-9-12(19)8-13(17)16(15)21-2/h4-9,14,20H,3H2,1-2H3. The highest BCUT2D eigenvalue weighted by Gasteiger charge is 2.15. The molecule has 0 saturated heterocycles. The molecular weight excluding hydrogens is 373 g/mol. The van der Waals surface area contributed by atoms with Gasteiger partial charge in [-0.15, -0.1) is 0 Å². The maximum atomic E-state index is 6.13. The first kappa shape index (κ1) is 16.5. The molecule has 0 aliphatic rings. The number of hydrogen-bond donors (Lipinski definition) is 1. The van der Waals surface area contributed by atoms with Gasteiger partial charge in [0.2, 0.25) is 0 Å². The van der Waals surface area contributed by atoms with Crippen molar-refractivity contribution in [3.05, 3.63) is 56.5 Å². The Morgan fingerprint density at radius 1 is 1.19 bits per heavy atom. The van der Waals surface area contributed by atoms with Crippen LogP contribution in [0.4, 0.5) is 5.69 Å². The zero-order valence-electron chi connectivity index (χ0n) is 11.8. The first-order valence-electron chi connectivity index (χ1n) is 6.60. The van der Waals surface area contributed by atoms with E-state index in [0.717, 1.165) is 32.9 Å². The van der Waals surface area contributed by atoms with E-state index in [1.54, 1.807) is 7.11 Å². The van der Waals surface area contributed by atoms with E-state index in [-0.39, 0.29) is 6.04 Å². The fraction of sp³-hybridized carbons (Fsp3) is 0.250. The molecule has 0 aliphatic carbocycles. The molecule has 1 atom stereocenters. The molecule has 0 fully saturated rings. The van der Waals surface area contributed by atoms with Crippen molar-refractivity contribution in [1.29, 1.82) is 0 Å². The molecule has 112 valence electrons. The molecule has 0 radical (unpaired) electrons. The Morgan fingerprint density at radius 3 is 2.57 bits per heavy atom. The zero-order chi connectivity index (χ0) is 15.4. The van der Waals surface area contributed by atoms with Gasteiger partial charge >= 0.3 is 0 Å². The van der Waals surface area contributed by atoms with Crippen molar-refractivity contribution in [2.75, 3.05) is 12.4 Å².